The average molecular weight is 221 g/mol. The minimum absolute atomic E-state index is 0.0413. The van der Waals surface area contributed by atoms with Crippen LogP contribution in [0.2, 0.25) is 0 Å². The van der Waals surface area contributed by atoms with E-state index in [-0.39, 0.29) is 6.04 Å². The fourth-order valence-electron chi connectivity index (χ4n) is 1.62. The standard InChI is InChI=1S/C11H15N3S/c1-8(12)10-7-13-11(14(10)2)6-9-4-3-5-15-9/h3-5,7-8H,6,12H2,1-2H3. The third kappa shape index (κ3) is 2.11. The molecule has 4 heteroatoms. The second-order valence-corrected chi connectivity index (χ2v) is 4.74. The fraction of sp³-hybridized carbons (Fsp3) is 0.364. The first kappa shape index (κ1) is 10.4. The molecule has 0 bridgehead atoms. The van der Waals surface area contributed by atoms with E-state index in [0.29, 0.717) is 0 Å². The first-order chi connectivity index (χ1) is 7.18. The molecule has 2 aromatic rings. The second kappa shape index (κ2) is 4.16. The predicted octanol–water partition coefficient (Wildman–Crippen LogP) is 2.09. The Labute approximate surface area is 93.6 Å². The molecule has 1 atom stereocenters. The van der Waals surface area contributed by atoms with Gasteiger partial charge in [0.15, 0.2) is 0 Å². The number of thiophene rings is 1. The zero-order valence-electron chi connectivity index (χ0n) is 8.97. The molecule has 80 valence electrons. The molecule has 0 amide bonds. The van der Waals surface area contributed by atoms with E-state index in [1.165, 1.54) is 4.88 Å². The summed E-state index contributed by atoms with van der Waals surface area (Å²) in [5.74, 6) is 1.07. The van der Waals surface area contributed by atoms with E-state index in [9.17, 15) is 0 Å². The number of rotatable bonds is 3. The minimum atomic E-state index is 0.0413. The first-order valence-electron chi connectivity index (χ1n) is 4.97. The first-order valence-corrected chi connectivity index (χ1v) is 5.85. The summed E-state index contributed by atoms with van der Waals surface area (Å²) in [4.78, 5) is 5.73. The van der Waals surface area contributed by atoms with Crippen LogP contribution in [0.4, 0.5) is 0 Å². The highest BCUT2D eigenvalue weighted by atomic mass is 32.1. The highest BCUT2D eigenvalue weighted by molar-refractivity contribution is 7.09. The maximum Gasteiger partial charge on any atom is 0.113 e. The Balaban J connectivity index is 2.23. The van der Waals surface area contributed by atoms with E-state index in [1.807, 2.05) is 20.2 Å². The fourth-order valence-corrected chi connectivity index (χ4v) is 2.32. The summed E-state index contributed by atoms with van der Waals surface area (Å²) in [6.45, 7) is 1.98. The monoisotopic (exact) mass is 221 g/mol. The van der Waals surface area contributed by atoms with Crippen LogP contribution in [-0.2, 0) is 13.5 Å². The van der Waals surface area contributed by atoms with Gasteiger partial charge in [0.25, 0.3) is 0 Å². The zero-order valence-corrected chi connectivity index (χ0v) is 9.79. The number of hydrogen-bond donors (Lipinski definition) is 1. The van der Waals surface area contributed by atoms with Crippen molar-refractivity contribution in [2.45, 2.75) is 19.4 Å². The lowest BCUT2D eigenvalue weighted by Crippen LogP contribution is -2.11. The number of aromatic nitrogens is 2. The highest BCUT2D eigenvalue weighted by Crippen LogP contribution is 2.16. The van der Waals surface area contributed by atoms with Gasteiger partial charge in [0.2, 0.25) is 0 Å². The lowest BCUT2D eigenvalue weighted by Gasteiger charge is -2.07. The van der Waals surface area contributed by atoms with Gasteiger partial charge in [0.1, 0.15) is 5.82 Å². The summed E-state index contributed by atoms with van der Waals surface area (Å²) in [6.07, 6.45) is 2.76. The molecule has 15 heavy (non-hydrogen) atoms. The van der Waals surface area contributed by atoms with E-state index in [4.69, 9.17) is 5.73 Å². The summed E-state index contributed by atoms with van der Waals surface area (Å²) in [6, 6.07) is 4.24. The van der Waals surface area contributed by atoms with Gasteiger partial charge in [-0.15, -0.1) is 11.3 Å². The number of nitrogens with two attached hydrogens (primary N) is 1. The Morgan fingerprint density at radius 1 is 1.60 bits per heavy atom. The van der Waals surface area contributed by atoms with Crippen LogP contribution in [-0.4, -0.2) is 9.55 Å². The van der Waals surface area contributed by atoms with Gasteiger partial charge >= 0.3 is 0 Å². The van der Waals surface area contributed by atoms with Gasteiger partial charge in [-0.1, -0.05) is 6.07 Å². The Bertz CT molecular complexity index is 429. The molecule has 0 spiro atoms. The van der Waals surface area contributed by atoms with Crippen molar-refractivity contribution in [2.24, 2.45) is 12.8 Å². The molecule has 0 aliphatic rings. The van der Waals surface area contributed by atoms with Crippen LogP contribution in [0, 0.1) is 0 Å². The van der Waals surface area contributed by atoms with Crippen molar-refractivity contribution < 1.29 is 0 Å². The van der Waals surface area contributed by atoms with Gasteiger partial charge in [-0.3, -0.25) is 0 Å². The lowest BCUT2D eigenvalue weighted by molar-refractivity contribution is 0.694. The lowest BCUT2D eigenvalue weighted by atomic mass is 10.3. The van der Waals surface area contributed by atoms with E-state index >= 15 is 0 Å². The molecule has 1 unspecified atom stereocenters. The number of nitrogens with zero attached hydrogens (tertiary/aromatic N) is 2. The predicted molar refractivity (Wildman–Crippen MR) is 62.9 cm³/mol. The Morgan fingerprint density at radius 2 is 2.40 bits per heavy atom. The number of hydrogen-bond acceptors (Lipinski definition) is 3. The SMILES string of the molecule is CC(N)c1cnc(Cc2cccs2)n1C. The maximum absolute atomic E-state index is 5.84. The number of imidazole rings is 1. The van der Waals surface area contributed by atoms with Crippen molar-refractivity contribution >= 4 is 11.3 Å². The van der Waals surface area contributed by atoms with Crippen LogP contribution in [0.5, 0.6) is 0 Å². The molecular weight excluding hydrogens is 206 g/mol. The summed E-state index contributed by atoms with van der Waals surface area (Å²) in [5.41, 5.74) is 6.93. The molecular formula is C11H15N3S. The Hall–Kier alpha value is -1.13. The largest absolute Gasteiger partial charge is 0.333 e. The van der Waals surface area contributed by atoms with Crippen molar-refractivity contribution in [2.75, 3.05) is 0 Å². The molecule has 0 saturated carbocycles. The van der Waals surface area contributed by atoms with Gasteiger partial charge in [-0.2, -0.15) is 0 Å². The van der Waals surface area contributed by atoms with Crippen molar-refractivity contribution in [3.8, 4) is 0 Å². The van der Waals surface area contributed by atoms with Gasteiger partial charge < -0.3 is 10.3 Å². The van der Waals surface area contributed by atoms with E-state index in [0.717, 1.165) is 17.9 Å². The van der Waals surface area contributed by atoms with Crippen LogP contribution in [0.25, 0.3) is 0 Å². The molecule has 0 fully saturated rings. The summed E-state index contributed by atoms with van der Waals surface area (Å²) in [5, 5.41) is 2.09. The molecule has 0 aliphatic heterocycles. The minimum Gasteiger partial charge on any atom is -0.333 e. The van der Waals surface area contributed by atoms with Crippen LogP contribution in [0.15, 0.2) is 23.7 Å². The van der Waals surface area contributed by atoms with Crippen molar-refractivity contribution in [1.29, 1.82) is 0 Å². The molecule has 2 heterocycles. The molecule has 0 radical (unpaired) electrons. The summed E-state index contributed by atoms with van der Waals surface area (Å²) in [7, 11) is 2.02. The molecule has 2 N–H and O–H groups in total. The second-order valence-electron chi connectivity index (χ2n) is 3.70. The molecule has 0 saturated heterocycles. The molecule has 0 aliphatic carbocycles. The van der Waals surface area contributed by atoms with Crippen molar-refractivity contribution in [1.82, 2.24) is 9.55 Å². The molecule has 0 aromatic carbocycles. The molecule has 3 nitrogen and oxygen atoms in total. The third-order valence-corrected chi connectivity index (χ3v) is 3.38. The summed E-state index contributed by atoms with van der Waals surface area (Å²) >= 11 is 1.76. The van der Waals surface area contributed by atoms with Crippen LogP contribution >= 0.6 is 11.3 Å². The van der Waals surface area contributed by atoms with E-state index in [1.54, 1.807) is 11.3 Å². The summed E-state index contributed by atoms with van der Waals surface area (Å²) < 4.78 is 2.09. The Morgan fingerprint density at radius 3 is 2.93 bits per heavy atom. The normalized spacial score (nSPS) is 13.0. The molecule has 2 aromatic heterocycles. The topological polar surface area (TPSA) is 43.8 Å². The van der Waals surface area contributed by atoms with Crippen LogP contribution in [0.1, 0.15) is 29.4 Å². The maximum atomic E-state index is 5.84. The van der Waals surface area contributed by atoms with Gasteiger partial charge in [-0.05, 0) is 18.4 Å². The average Bonchev–Trinajstić information content (AvgIpc) is 2.78. The quantitative estimate of drug-likeness (QED) is 0.862. The van der Waals surface area contributed by atoms with Crippen molar-refractivity contribution in [3.63, 3.8) is 0 Å². The zero-order chi connectivity index (χ0) is 10.8. The van der Waals surface area contributed by atoms with Gasteiger partial charge in [0, 0.05) is 24.4 Å². The van der Waals surface area contributed by atoms with Gasteiger partial charge in [0.05, 0.1) is 11.9 Å². The van der Waals surface area contributed by atoms with E-state index in [2.05, 4.69) is 27.1 Å². The Kier molecular flexibility index (Phi) is 2.88. The van der Waals surface area contributed by atoms with Crippen LogP contribution < -0.4 is 5.73 Å². The van der Waals surface area contributed by atoms with E-state index < -0.39 is 0 Å². The van der Waals surface area contributed by atoms with Crippen LogP contribution in [0.3, 0.4) is 0 Å². The van der Waals surface area contributed by atoms with Crippen molar-refractivity contribution in [3.05, 3.63) is 40.1 Å². The molecule has 2 rings (SSSR count). The third-order valence-electron chi connectivity index (χ3n) is 2.50. The smallest absolute Gasteiger partial charge is 0.113 e. The highest BCUT2D eigenvalue weighted by Gasteiger charge is 2.10. The van der Waals surface area contributed by atoms with Gasteiger partial charge in [-0.25, -0.2) is 4.98 Å².